The quantitative estimate of drug-likeness (QED) is 0.602. The van der Waals surface area contributed by atoms with Crippen LogP contribution in [-0.2, 0) is 14.8 Å². The molecule has 0 aliphatic carbocycles. The number of ether oxygens (including phenoxy) is 1. The molecule has 2 unspecified atom stereocenters. The first-order valence-electron chi connectivity index (χ1n) is 10.4. The molecular weight excluding hydrogens is 432 g/mol. The Labute approximate surface area is 184 Å². The molecule has 2 aromatic heterocycles. The molecule has 11 heteroatoms. The van der Waals surface area contributed by atoms with Crippen LogP contribution in [0.4, 0.5) is 11.5 Å². The van der Waals surface area contributed by atoms with E-state index in [1.807, 2.05) is 0 Å². The van der Waals surface area contributed by atoms with Crippen molar-refractivity contribution in [3.05, 3.63) is 46.9 Å². The van der Waals surface area contributed by atoms with E-state index in [0.717, 1.165) is 6.42 Å². The van der Waals surface area contributed by atoms with Gasteiger partial charge in [-0.15, -0.1) is 0 Å². The molecule has 2 saturated heterocycles. The van der Waals surface area contributed by atoms with Crippen molar-refractivity contribution in [3.8, 4) is 6.07 Å². The van der Waals surface area contributed by atoms with Crippen molar-refractivity contribution in [3.63, 3.8) is 0 Å². The second kappa shape index (κ2) is 8.05. The van der Waals surface area contributed by atoms with Crippen LogP contribution < -0.4 is 10.9 Å². The highest BCUT2D eigenvalue weighted by Crippen LogP contribution is 2.32. The van der Waals surface area contributed by atoms with Crippen LogP contribution in [0.15, 0.2) is 46.2 Å². The third-order valence-corrected chi connectivity index (χ3v) is 7.92. The van der Waals surface area contributed by atoms with E-state index >= 15 is 0 Å². The number of nitrogens with zero attached hydrogens (tertiary/aromatic N) is 4. The maximum atomic E-state index is 12.6. The van der Waals surface area contributed by atoms with Gasteiger partial charge in [-0.25, -0.2) is 8.42 Å². The van der Waals surface area contributed by atoms with Gasteiger partial charge < -0.3 is 15.0 Å². The van der Waals surface area contributed by atoms with Crippen LogP contribution >= 0.6 is 0 Å². The molecule has 2 fully saturated rings. The van der Waals surface area contributed by atoms with Crippen LogP contribution in [0.2, 0.25) is 0 Å². The summed E-state index contributed by atoms with van der Waals surface area (Å²) >= 11 is 0. The average Bonchev–Trinajstić information content (AvgIpc) is 3.12. The molecule has 2 aliphatic heterocycles. The molecule has 0 spiro atoms. The van der Waals surface area contributed by atoms with Crippen molar-refractivity contribution in [2.45, 2.75) is 23.8 Å². The number of fused-ring (bicyclic) bond motifs is 1. The monoisotopic (exact) mass is 454 g/mol. The lowest BCUT2D eigenvalue weighted by Gasteiger charge is -2.29. The highest BCUT2D eigenvalue weighted by molar-refractivity contribution is 7.89. The smallest absolute Gasteiger partial charge is 0.261 e. The Bertz CT molecular complexity index is 1350. The molecule has 0 bridgehead atoms. The second-order valence-electron chi connectivity index (χ2n) is 7.93. The van der Waals surface area contributed by atoms with E-state index in [9.17, 15) is 18.5 Å². The van der Waals surface area contributed by atoms with Gasteiger partial charge in [0.25, 0.3) is 5.56 Å². The number of nitriles is 1. The van der Waals surface area contributed by atoms with Gasteiger partial charge in [0.2, 0.25) is 10.0 Å². The predicted octanol–water partition coefficient (Wildman–Crippen LogP) is 1.96. The highest BCUT2D eigenvalue weighted by atomic mass is 32.2. The Morgan fingerprint density at radius 1 is 1.22 bits per heavy atom. The normalized spacial score (nSPS) is 21.7. The van der Waals surface area contributed by atoms with E-state index in [2.05, 4.69) is 21.5 Å². The number of aromatic nitrogens is 3. The zero-order valence-corrected chi connectivity index (χ0v) is 18.0. The fourth-order valence-electron chi connectivity index (χ4n) is 4.08. The first-order chi connectivity index (χ1) is 15.5. The fraction of sp³-hybridized carbons (Fsp3) is 0.381. The molecule has 2 atom stereocenters. The van der Waals surface area contributed by atoms with Crippen LogP contribution in [0, 0.1) is 17.2 Å². The van der Waals surface area contributed by atoms with Gasteiger partial charge in [0.15, 0.2) is 5.82 Å². The van der Waals surface area contributed by atoms with Crippen molar-refractivity contribution in [1.29, 1.82) is 5.26 Å². The Hall–Kier alpha value is -3.20. The van der Waals surface area contributed by atoms with Crippen molar-refractivity contribution < 1.29 is 13.2 Å². The summed E-state index contributed by atoms with van der Waals surface area (Å²) in [7, 11) is -3.47. The van der Waals surface area contributed by atoms with Crippen molar-refractivity contribution in [2.24, 2.45) is 5.92 Å². The molecule has 2 N–H and O–H groups in total. The number of rotatable bonds is 5. The topological polar surface area (TPSA) is 133 Å². The minimum Gasteiger partial charge on any atom is -0.379 e. The fourth-order valence-corrected chi connectivity index (χ4v) is 5.60. The predicted molar refractivity (Wildman–Crippen MR) is 117 cm³/mol. The number of nitrogens with one attached hydrogen (secondary N) is 2. The molecular formula is C21H22N6O4S. The number of anilines is 2. The van der Waals surface area contributed by atoms with Gasteiger partial charge in [-0.05, 0) is 43.2 Å². The summed E-state index contributed by atoms with van der Waals surface area (Å²) in [6, 6.07) is 10.1. The van der Waals surface area contributed by atoms with Crippen LogP contribution in [0.1, 0.15) is 18.9 Å². The van der Waals surface area contributed by atoms with Crippen molar-refractivity contribution in [1.82, 2.24) is 19.1 Å². The Morgan fingerprint density at radius 2 is 2.00 bits per heavy atom. The number of benzene rings is 1. The van der Waals surface area contributed by atoms with E-state index in [1.54, 1.807) is 41.2 Å². The molecule has 5 rings (SSSR count). The van der Waals surface area contributed by atoms with E-state index < -0.39 is 10.0 Å². The number of H-pyrrole nitrogens is 1. The van der Waals surface area contributed by atoms with Crippen LogP contribution in [0.5, 0.6) is 0 Å². The Morgan fingerprint density at radius 3 is 2.69 bits per heavy atom. The minimum atomic E-state index is -3.47. The lowest BCUT2D eigenvalue weighted by molar-refractivity contribution is 0.0359. The summed E-state index contributed by atoms with van der Waals surface area (Å²) in [5.74, 6) is 0.0625. The summed E-state index contributed by atoms with van der Waals surface area (Å²) in [6.07, 6.45) is 3.02. The van der Waals surface area contributed by atoms with Gasteiger partial charge in [-0.3, -0.25) is 9.48 Å². The highest BCUT2D eigenvalue weighted by Gasteiger charge is 2.31. The maximum Gasteiger partial charge on any atom is 0.261 e. The Kier molecular flexibility index (Phi) is 5.21. The number of hydrogen-bond donors (Lipinski definition) is 2. The van der Waals surface area contributed by atoms with Crippen molar-refractivity contribution in [2.75, 3.05) is 31.6 Å². The maximum absolute atomic E-state index is 12.6. The zero-order chi connectivity index (χ0) is 22.3. The molecule has 4 heterocycles. The van der Waals surface area contributed by atoms with Gasteiger partial charge in [0, 0.05) is 31.6 Å². The zero-order valence-electron chi connectivity index (χ0n) is 17.2. The van der Waals surface area contributed by atoms with Gasteiger partial charge in [0.1, 0.15) is 5.39 Å². The molecule has 0 saturated carbocycles. The summed E-state index contributed by atoms with van der Waals surface area (Å²) in [5.41, 5.74) is 0.890. The first kappa shape index (κ1) is 20.7. The first-order valence-corrected chi connectivity index (χ1v) is 11.9. The third kappa shape index (κ3) is 3.46. The third-order valence-electron chi connectivity index (χ3n) is 6.01. The van der Waals surface area contributed by atoms with Crippen LogP contribution in [0.25, 0.3) is 10.9 Å². The van der Waals surface area contributed by atoms with Gasteiger partial charge >= 0.3 is 0 Å². The molecule has 3 aromatic rings. The number of aromatic amines is 1. The average molecular weight is 455 g/mol. The molecule has 2 aliphatic rings. The van der Waals surface area contributed by atoms with Crippen LogP contribution in [0.3, 0.4) is 0 Å². The van der Waals surface area contributed by atoms with Gasteiger partial charge in [0.05, 0.1) is 35.0 Å². The SMILES string of the molecule is N#CC1CCOCC1n1nc(Nc2ccc(S(=O)(=O)N3CCC3)cc2)c2c(=O)[nH]ccc21. The standard InChI is InChI=1S/C21H22N6O4S/c22-12-14-7-11-31-13-18(14)27-17-6-8-23-21(28)19(17)20(25-27)24-15-2-4-16(5-3-15)32(29,30)26-9-1-10-26/h2-6,8,14,18H,1,7,9-11,13H2,(H,23,28)(H,24,25). The summed E-state index contributed by atoms with van der Waals surface area (Å²) in [4.78, 5) is 15.5. The number of hydrogen-bond acceptors (Lipinski definition) is 7. The van der Waals surface area contributed by atoms with Crippen LogP contribution in [-0.4, -0.2) is 53.8 Å². The number of pyridine rings is 1. The summed E-state index contributed by atoms with van der Waals surface area (Å²) < 4.78 is 33.8. The van der Waals surface area contributed by atoms with Crippen molar-refractivity contribution >= 4 is 32.4 Å². The van der Waals surface area contributed by atoms with E-state index in [-0.39, 0.29) is 22.4 Å². The lowest BCUT2D eigenvalue weighted by atomic mass is 9.96. The molecule has 166 valence electrons. The summed E-state index contributed by atoms with van der Waals surface area (Å²) in [5, 5.41) is 17.7. The molecule has 0 amide bonds. The molecule has 10 nitrogen and oxygen atoms in total. The number of sulfonamides is 1. The lowest BCUT2D eigenvalue weighted by Crippen LogP contribution is -2.41. The van der Waals surface area contributed by atoms with E-state index in [4.69, 9.17) is 4.74 Å². The molecule has 1 aromatic carbocycles. The van der Waals surface area contributed by atoms with E-state index in [1.165, 1.54) is 4.31 Å². The molecule has 32 heavy (non-hydrogen) atoms. The second-order valence-corrected chi connectivity index (χ2v) is 9.87. The van der Waals surface area contributed by atoms with E-state index in [0.29, 0.717) is 55.1 Å². The minimum absolute atomic E-state index is 0.229. The van der Waals surface area contributed by atoms with Gasteiger partial charge in [-0.1, -0.05) is 0 Å². The molecule has 0 radical (unpaired) electrons. The van der Waals surface area contributed by atoms with Gasteiger partial charge in [-0.2, -0.15) is 14.7 Å². The largest absolute Gasteiger partial charge is 0.379 e. The Balaban J connectivity index is 1.50. The summed E-state index contributed by atoms with van der Waals surface area (Å²) in [6.45, 7) is 1.95.